The third kappa shape index (κ3) is 5.28. The van der Waals surface area contributed by atoms with Crippen molar-refractivity contribution in [2.75, 3.05) is 13.1 Å². The van der Waals surface area contributed by atoms with E-state index in [9.17, 15) is 23.2 Å². The van der Waals surface area contributed by atoms with Gasteiger partial charge in [-0.2, -0.15) is 18.4 Å². The van der Waals surface area contributed by atoms with E-state index in [1.165, 1.54) is 6.07 Å². The van der Waals surface area contributed by atoms with E-state index >= 15 is 0 Å². The van der Waals surface area contributed by atoms with Gasteiger partial charge in [0.1, 0.15) is 17.5 Å². The zero-order valence-corrected chi connectivity index (χ0v) is 19.8. The van der Waals surface area contributed by atoms with Gasteiger partial charge in [0.2, 0.25) is 0 Å². The van der Waals surface area contributed by atoms with Crippen molar-refractivity contribution in [2.24, 2.45) is 0 Å². The summed E-state index contributed by atoms with van der Waals surface area (Å²) in [6.45, 7) is 1.47. The van der Waals surface area contributed by atoms with Crippen LogP contribution in [0, 0.1) is 11.3 Å². The fourth-order valence-corrected chi connectivity index (χ4v) is 4.58. The van der Waals surface area contributed by atoms with E-state index in [-0.39, 0.29) is 17.6 Å². The number of halogens is 3. The van der Waals surface area contributed by atoms with E-state index in [1.807, 2.05) is 36.5 Å². The van der Waals surface area contributed by atoms with Crippen molar-refractivity contribution in [3.8, 4) is 22.9 Å². The second-order valence-corrected chi connectivity index (χ2v) is 8.99. The number of alkyl halides is 3. The molecule has 0 aliphatic carbocycles. The summed E-state index contributed by atoms with van der Waals surface area (Å²) in [6.07, 6.45) is 1.37. The highest BCUT2D eigenvalue weighted by molar-refractivity contribution is 5.94. The summed E-state index contributed by atoms with van der Waals surface area (Å²) in [5, 5.41) is 12.5. The minimum Gasteiger partial charge on any atom is -0.490 e. The lowest BCUT2D eigenvalue weighted by Gasteiger charge is -2.33. The van der Waals surface area contributed by atoms with Gasteiger partial charge in [0.15, 0.2) is 0 Å². The molecule has 2 aliphatic rings. The maximum atomic E-state index is 12.8. The first-order valence-electron chi connectivity index (χ1n) is 11.9. The predicted molar refractivity (Wildman–Crippen MR) is 131 cm³/mol. The van der Waals surface area contributed by atoms with Crippen LogP contribution in [0.1, 0.15) is 45.6 Å². The lowest BCUT2D eigenvalue weighted by molar-refractivity contribution is -0.141. The SMILES string of the molecule is N#Cc1cccc(-c2cc3c(c(OC4CCN(C(=O)c5ccc(C(F)(F)F)nc5)CC4)c2)CNC=C3)c1. The van der Waals surface area contributed by atoms with Crippen LogP contribution >= 0.6 is 0 Å². The van der Waals surface area contributed by atoms with Crippen molar-refractivity contribution in [1.82, 2.24) is 15.2 Å². The monoisotopic (exact) mass is 504 g/mol. The first kappa shape index (κ1) is 24.4. The third-order valence-corrected chi connectivity index (χ3v) is 6.55. The second-order valence-electron chi connectivity index (χ2n) is 8.99. The zero-order valence-electron chi connectivity index (χ0n) is 19.8. The summed E-state index contributed by atoms with van der Waals surface area (Å²) in [4.78, 5) is 17.8. The number of pyridine rings is 1. The number of fused-ring (bicyclic) bond motifs is 1. The molecule has 1 aromatic heterocycles. The largest absolute Gasteiger partial charge is 0.490 e. The van der Waals surface area contributed by atoms with Crippen molar-refractivity contribution in [1.29, 1.82) is 5.26 Å². The van der Waals surface area contributed by atoms with Gasteiger partial charge in [-0.15, -0.1) is 0 Å². The molecule has 9 heteroatoms. The van der Waals surface area contributed by atoms with E-state index in [0.717, 1.165) is 40.3 Å². The molecule has 3 aromatic rings. The first-order chi connectivity index (χ1) is 17.8. The molecule has 3 heterocycles. The number of aromatic nitrogens is 1. The quantitative estimate of drug-likeness (QED) is 0.515. The fraction of sp³-hybridized carbons (Fsp3) is 0.250. The van der Waals surface area contributed by atoms with Gasteiger partial charge in [-0.05, 0) is 65.4 Å². The first-order valence-corrected chi connectivity index (χ1v) is 11.9. The maximum Gasteiger partial charge on any atom is 0.433 e. The Bertz CT molecular complexity index is 1390. The summed E-state index contributed by atoms with van der Waals surface area (Å²) in [7, 11) is 0. The molecule has 2 aromatic carbocycles. The lowest BCUT2D eigenvalue weighted by atomic mass is 9.95. The van der Waals surface area contributed by atoms with Crippen LogP contribution < -0.4 is 10.1 Å². The van der Waals surface area contributed by atoms with E-state index in [0.29, 0.717) is 38.0 Å². The number of benzene rings is 2. The minimum absolute atomic E-state index is 0.120. The highest BCUT2D eigenvalue weighted by atomic mass is 19.4. The summed E-state index contributed by atoms with van der Waals surface area (Å²) in [5.41, 5.74) is 3.63. The molecule has 1 saturated heterocycles. The number of amides is 1. The molecule has 2 aliphatic heterocycles. The van der Waals surface area contributed by atoms with Crippen molar-refractivity contribution in [2.45, 2.75) is 31.7 Å². The van der Waals surface area contributed by atoms with Gasteiger partial charge < -0.3 is 15.0 Å². The zero-order chi connectivity index (χ0) is 26.0. The summed E-state index contributed by atoms with van der Waals surface area (Å²) < 4.78 is 44.7. The molecule has 188 valence electrons. The fourth-order valence-electron chi connectivity index (χ4n) is 4.58. The normalized spacial score (nSPS) is 15.5. The van der Waals surface area contributed by atoms with Gasteiger partial charge in [0.25, 0.3) is 5.91 Å². The third-order valence-electron chi connectivity index (χ3n) is 6.55. The molecule has 0 saturated carbocycles. The molecule has 0 unspecified atom stereocenters. The van der Waals surface area contributed by atoms with Gasteiger partial charge in [-0.25, -0.2) is 0 Å². The average Bonchev–Trinajstić information content (AvgIpc) is 2.92. The Kier molecular flexibility index (Phi) is 6.57. The Morgan fingerprint density at radius 3 is 2.62 bits per heavy atom. The Morgan fingerprint density at radius 1 is 1.11 bits per heavy atom. The number of nitriles is 1. The number of likely N-dealkylation sites (tertiary alicyclic amines) is 1. The maximum absolute atomic E-state index is 12.8. The summed E-state index contributed by atoms with van der Waals surface area (Å²) in [5.74, 6) is 0.411. The number of carbonyl (C=O) groups is 1. The van der Waals surface area contributed by atoms with Crippen LogP contribution in [0.25, 0.3) is 17.2 Å². The van der Waals surface area contributed by atoms with Crippen LogP contribution in [0.3, 0.4) is 0 Å². The highest BCUT2D eigenvalue weighted by Gasteiger charge is 2.33. The standard InChI is InChI=1S/C28H23F3N4O2/c29-28(30,31)26-5-4-21(16-34-26)27(36)35-10-7-23(8-11-35)37-25-14-22(13-20-6-9-33-17-24(20)25)19-3-1-2-18(12-19)15-32/h1-6,9,12-14,16,23,33H,7-8,10-11,17H2. The number of piperidine rings is 1. The van der Waals surface area contributed by atoms with E-state index < -0.39 is 11.9 Å². The smallest absolute Gasteiger partial charge is 0.433 e. The lowest BCUT2D eigenvalue weighted by Crippen LogP contribution is -2.42. The Morgan fingerprint density at radius 2 is 1.92 bits per heavy atom. The van der Waals surface area contributed by atoms with Crippen molar-refractivity contribution in [3.63, 3.8) is 0 Å². The van der Waals surface area contributed by atoms with Crippen LogP contribution in [0.4, 0.5) is 13.2 Å². The van der Waals surface area contributed by atoms with Crippen molar-refractivity contribution < 1.29 is 22.7 Å². The van der Waals surface area contributed by atoms with Gasteiger partial charge in [-0.3, -0.25) is 9.78 Å². The van der Waals surface area contributed by atoms with Crippen molar-refractivity contribution in [3.05, 3.63) is 88.9 Å². The Labute approximate surface area is 212 Å². The van der Waals surface area contributed by atoms with Crippen molar-refractivity contribution >= 4 is 12.0 Å². The Hall–Kier alpha value is -4.32. The van der Waals surface area contributed by atoms with E-state index in [1.54, 1.807) is 11.0 Å². The average molecular weight is 505 g/mol. The van der Waals surface area contributed by atoms with E-state index in [4.69, 9.17) is 4.74 Å². The number of carbonyl (C=O) groups excluding carboxylic acids is 1. The molecule has 1 fully saturated rings. The molecule has 37 heavy (non-hydrogen) atoms. The highest BCUT2D eigenvalue weighted by Crippen LogP contribution is 2.35. The number of nitrogens with one attached hydrogen (secondary N) is 1. The number of hydrogen-bond acceptors (Lipinski definition) is 5. The number of nitrogens with zero attached hydrogens (tertiary/aromatic N) is 3. The number of ether oxygens (including phenoxy) is 1. The summed E-state index contributed by atoms with van der Waals surface area (Å²) in [6, 6.07) is 15.6. The molecule has 5 rings (SSSR count). The van der Waals surface area contributed by atoms with Gasteiger partial charge in [0.05, 0.1) is 17.2 Å². The topological polar surface area (TPSA) is 78.2 Å². The minimum atomic E-state index is -4.54. The molecule has 0 bridgehead atoms. The van der Waals surface area contributed by atoms with Crippen LogP contribution in [0.5, 0.6) is 5.75 Å². The molecule has 6 nitrogen and oxygen atoms in total. The van der Waals surface area contributed by atoms with Gasteiger partial charge >= 0.3 is 6.18 Å². The summed E-state index contributed by atoms with van der Waals surface area (Å²) >= 11 is 0. The van der Waals surface area contributed by atoms with Crippen LogP contribution in [-0.4, -0.2) is 35.0 Å². The van der Waals surface area contributed by atoms with Gasteiger partial charge in [-0.1, -0.05) is 12.1 Å². The van der Waals surface area contributed by atoms with Crippen LogP contribution in [0.15, 0.2) is 60.9 Å². The second kappa shape index (κ2) is 9.97. The predicted octanol–water partition coefficient (Wildman–Crippen LogP) is 5.40. The van der Waals surface area contributed by atoms with Crippen LogP contribution in [0.2, 0.25) is 0 Å². The molecule has 0 atom stereocenters. The van der Waals surface area contributed by atoms with E-state index in [2.05, 4.69) is 22.4 Å². The van der Waals surface area contributed by atoms with Crippen LogP contribution in [-0.2, 0) is 12.7 Å². The molecular weight excluding hydrogens is 481 g/mol. The molecule has 0 radical (unpaired) electrons. The van der Waals surface area contributed by atoms with Gasteiger partial charge in [0, 0.05) is 44.2 Å². The Balaban J connectivity index is 1.30. The molecule has 1 amide bonds. The molecule has 1 N–H and O–H groups in total. The number of hydrogen-bond donors (Lipinski definition) is 1. The number of rotatable bonds is 4. The molecule has 0 spiro atoms. The molecular formula is C28H23F3N4O2.